The lowest BCUT2D eigenvalue weighted by Gasteiger charge is -2.22. The summed E-state index contributed by atoms with van der Waals surface area (Å²) in [6.07, 6.45) is 2.97. The number of methoxy groups -OCH3 is 1. The van der Waals surface area contributed by atoms with Crippen molar-refractivity contribution in [1.82, 2.24) is 9.88 Å². The average Bonchev–Trinajstić information content (AvgIpc) is 2.19. The third-order valence-corrected chi connectivity index (χ3v) is 2.36. The van der Waals surface area contributed by atoms with E-state index in [9.17, 15) is 0 Å². The lowest BCUT2D eigenvalue weighted by atomic mass is 10.1. The SMILES string of the molecule is CC[C@@H](c1ccc(OC)nc1)N(C)C. The molecular formula is C11H18N2O. The van der Waals surface area contributed by atoms with Gasteiger partial charge in [-0.15, -0.1) is 0 Å². The Labute approximate surface area is 85.7 Å². The molecule has 1 rings (SSSR count). The molecule has 3 heteroatoms. The first-order valence-corrected chi connectivity index (χ1v) is 4.85. The van der Waals surface area contributed by atoms with Gasteiger partial charge in [0.05, 0.1) is 7.11 Å². The first-order valence-electron chi connectivity index (χ1n) is 4.85. The van der Waals surface area contributed by atoms with Gasteiger partial charge in [-0.3, -0.25) is 0 Å². The van der Waals surface area contributed by atoms with Gasteiger partial charge >= 0.3 is 0 Å². The van der Waals surface area contributed by atoms with Crippen molar-refractivity contribution in [3.8, 4) is 5.88 Å². The van der Waals surface area contributed by atoms with Crippen LogP contribution in [0.2, 0.25) is 0 Å². The largest absolute Gasteiger partial charge is 0.481 e. The van der Waals surface area contributed by atoms with Gasteiger partial charge in [0.15, 0.2) is 0 Å². The molecule has 0 radical (unpaired) electrons. The normalized spacial score (nSPS) is 12.9. The molecule has 0 fully saturated rings. The molecule has 0 N–H and O–H groups in total. The van der Waals surface area contributed by atoms with E-state index in [-0.39, 0.29) is 0 Å². The summed E-state index contributed by atoms with van der Waals surface area (Å²) in [5, 5.41) is 0. The summed E-state index contributed by atoms with van der Waals surface area (Å²) in [7, 11) is 5.79. The van der Waals surface area contributed by atoms with Crippen molar-refractivity contribution in [1.29, 1.82) is 0 Å². The van der Waals surface area contributed by atoms with E-state index in [0.29, 0.717) is 11.9 Å². The number of nitrogens with zero attached hydrogens (tertiary/aromatic N) is 2. The summed E-state index contributed by atoms with van der Waals surface area (Å²) >= 11 is 0. The van der Waals surface area contributed by atoms with Crippen LogP contribution in [0.1, 0.15) is 24.9 Å². The van der Waals surface area contributed by atoms with E-state index in [1.807, 2.05) is 12.3 Å². The highest BCUT2D eigenvalue weighted by atomic mass is 16.5. The molecule has 0 bridgehead atoms. The molecule has 1 aromatic heterocycles. The Morgan fingerprint density at radius 1 is 1.43 bits per heavy atom. The van der Waals surface area contributed by atoms with E-state index in [4.69, 9.17) is 4.74 Å². The van der Waals surface area contributed by atoms with Crippen LogP contribution in [0.3, 0.4) is 0 Å². The van der Waals surface area contributed by atoms with Crippen LogP contribution in [0, 0.1) is 0 Å². The summed E-state index contributed by atoms with van der Waals surface area (Å²) in [5.74, 6) is 0.669. The Morgan fingerprint density at radius 3 is 2.50 bits per heavy atom. The molecule has 78 valence electrons. The minimum Gasteiger partial charge on any atom is -0.481 e. The zero-order valence-electron chi connectivity index (χ0n) is 9.32. The molecule has 0 spiro atoms. The molecule has 3 nitrogen and oxygen atoms in total. The Balaban J connectivity index is 2.84. The van der Waals surface area contributed by atoms with Crippen molar-refractivity contribution < 1.29 is 4.74 Å². The minimum atomic E-state index is 0.438. The molecule has 1 heterocycles. The fourth-order valence-corrected chi connectivity index (χ4v) is 1.61. The van der Waals surface area contributed by atoms with Gasteiger partial charge in [0.2, 0.25) is 5.88 Å². The van der Waals surface area contributed by atoms with Crippen LogP contribution in [0.25, 0.3) is 0 Å². The zero-order chi connectivity index (χ0) is 10.6. The van der Waals surface area contributed by atoms with Crippen molar-refractivity contribution in [2.45, 2.75) is 19.4 Å². The summed E-state index contributed by atoms with van der Waals surface area (Å²) in [5.41, 5.74) is 1.23. The second-order valence-corrected chi connectivity index (χ2v) is 3.52. The smallest absolute Gasteiger partial charge is 0.212 e. The quantitative estimate of drug-likeness (QED) is 0.734. The van der Waals surface area contributed by atoms with Crippen molar-refractivity contribution in [2.24, 2.45) is 0 Å². The highest BCUT2D eigenvalue weighted by Crippen LogP contribution is 2.21. The number of ether oxygens (including phenoxy) is 1. The number of hydrogen-bond acceptors (Lipinski definition) is 3. The minimum absolute atomic E-state index is 0.438. The number of aromatic nitrogens is 1. The molecule has 0 amide bonds. The standard InChI is InChI=1S/C11H18N2O/c1-5-10(13(2)3)9-6-7-11(14-4)12-8-9/h6-8,10H,5H2,1-4H3/t10-/m0/s1. The Bertz CT molecular complexity index is 269. The van der Waals surface area contributed by atoms with E-state index >= 15 is 0 Å². The topological polar surface area (TPSA) is 25.4 Å². The second kappa shape index (κ2) is 4.96. The van der Waals surface area contributed by atoms with Crippen LogP contribution in [-0.4, -0.2) is 31.1 Å². The molecular weight excluding hydrogens is 176 g/mol. The lowest BCUT2D eigenvalue weighted by molar-refractivity contribution is 0.290. The maximum atomic E-state index is 5.02. The summed E-state index contributed by atoms with van der Waals surface area (Å²) in [6, 6.07) is 4.41. The van der Waals surface area contributed by atoms with Crippen molar-refractivity contribution in [2.75, 3.05) is 21.2 Å². The molecule has 0 saturated heterocycles. The first-order chi connectivity index (χ1) is 6.69. The molecule has 0 aromatic carbocycles. The predicted molar refractivity (Wildman–Crippen MR) is 57.5 cm³/mol. The van der Waals surface area contributed by atoms with Gasteiger partial charge in [0, 0.05) is 18.3 Å². The fraction of sp³-hybridized carbons (Fsp3) is 0.545. The van der Waals surface area contributed by atoms with Crippen LogP contribution in [0.5, 0.6) is 5.88 Å². The Morgan fingerprint density at radius 2 is 2.14 bits per heavy atom. The highest BCUT2D eigenvalue weighted by Gasteiger charge is 2.11. The summed E-state index contributed by atoms with van der Waals surface area (Å²) in [4.78, 5) is 6.40. The van der Waals surface area contributed by atoms with Crippen molar-refractivity contribution in [3.05, 3.63) is 23.9 Å². The van der Waals surface area contributed by atoms with Gasteiger partial charge in [-0.25, -0.2) is 4.98 Å². The maximum Gasteiger partial charge on any atom is 0.212 e. The zero-order valence-corrected chi connectivity index (χ0v) is 9.32. The molecule has 0 saturated carbocycles. The van der Waals surface area contributed by atoms with E-state index < -0.39 is 0 Å². The molecule has 14 heavy (non-hydrogen) atoms. The van der Waals surface area contributed by atoms with E-state index in [0.717, 1.165) is 6.42 Å². The predicted octanol–water partition coefficient (Wildman–Crippen LogP) is 2.10. The summed E-state index contributed by atoms with van der Waals surface area (Å²) in [6.45, 7) is 2.18. The van der Waals surface area contributed by atoms with Crippen molar-refractivity contribution >= 4 is 0 Å². The third kappa shape index (κ3) is 2.45. The Kier molecular flexibility index (Phi) is 3.89. The van der Waals surface area contributed by atoms with Gasteiger partial charge in [-0.2, -0.15) is 0 Å². The summed E-state index contributed by atoms with van der Waals surface area (Å²) < 4.78 is 5.02. The molecule has 0 aliphatic carbocycles. The molecule has 0 aliphatic heterocycles. The molecule has 1 atom stereocenters. The fourth-order valence-electron chi connectivity index (χ4n) is 1.61. The lowest BCUT2D eigenvalue weighted by Crippen LogP contribution is -2.19. The average molecular weight is 194 g/mol. The molecule has 0 aliphatic rings. The number of pyridine rings is 1. The highest BCUT2D eigenvalue weighted by molar-refractivity contribution is 5.20. The van der Waals surface area contributed by atoms with E-state index in [1.165, 1.54) is 5.56 Å². The number of rotatable bonds is 4. The van der Waals surface area contributed by atoms with Crippen LogP contribution < -0.4 is 4.74 Å². The van der Waals surface area contributed by atoms with Crippen molar-refractivity contribution in [3.63, 3.8) is 0 Å². The van der Waals surface area contributed by atoms with Gasteiger partial charge in [0.25, 0.3) is 0 Å². The molecule has 0 unspecified atom stereocenters. The van der Waals surface area contributed by atoms with Gasteiger partial charge in [0.1, 0.15) is 0 Å². The van der Waals surface area contributed by atoms with Gasteiger partial charge in [-0.1, -0.05) is 13.0 Å². The van der Waals surface area contributed by atoms with Crippen LogP contribution in [0.15, 0.2) is 18.3 Å². The van der Waals surface area contributed by atoms with Crippen LogP contribution in [-0.2, 0) is 0 Å². The monoisotopic (exact) mass is 194 g/mol. The molecule has 1 aromatic rings. The maximum absolute atomic E-state index is 5.02. The van der Waals surface area contributed by atoms with E-state index in [1.54, 1.807) is 7.11 Å². The van der Waals surface area contributed by atoms with E-state index in [2.05, 4.69) is 37.0 Å². The van der Waals surface area contributed by atoms with Crippen LogP contribution >= 0.6 is 0 Å². The van der Waals surface area contributed by atoms with Gasteiger partial charge < -0.3 is 9.64 Å². The second-order valence-electron chi connectivity index (χ2n) is 3.52. The first kappa shape index (κ1) is 11.0. The van der Waals surface area contributed by atoms with Gasteiger partial charge in [-0.05, 0) is 26.1 Å². The van der Waals surface area contributed by atoms with Crippen LogP contribution in [0.4, 0.5) is 0 Å². The number of hydrogen-bond donors (Lipinski definition) is 0. The third-order valence-electron chi connectivity index (χ3n) is 2.36. The Hall–Kier alpha value is -1.09.